The highest BCUT2D eigenvalue weighted by atomic mass is 16.1. The number of rotatable bonds is 12. The van der Waals surface area contributed by atoms with Gasteiger partial charge in [0.15, 0.2) is 17.3 Å². The lowest BCUT2D eigenvalue weighted by Crippen LogP contribution is -2.07. The zero-order chi connectivity index (χ0) is 17.9. The van der Waals surface area contributed by atoms with Gasteiger partial charge in [-0.15, -0.1) is 0 Å². The Bertz CT molecular complexity index is 611. The largest absolute Gasteiger partial charge is 0.295 e. The predicted molar refractivity (Wildman–Crippen MR) is 97.0 cm³/mol. The molecule has 126 valence electrons. The Labute approximate surface area is 143 Å². The van der Waals surface area contributed by atoms with Crippen LogP contribution in [0.4, 0.5) is 0 Å². The highest BCUT2D eigenvalue weighted by Gasteiger charge is 2.12. The Morgan fingerprint density at radius 1 is 0.708 bits per heavy atom. The molecule has 1 rings (SSSR count). The summed E-state index contributed by atoms with van der Waals surface area (Å²) in [6, 6.07) is 5.88. The third-order valence-electron chi connectivity index (χ3n) is 3.96. The van der Waals surface area contributed by atoms with Crippen LogP contribution in [0, 0.1) is 0 Å². The van der Waals surface area contributed by atoms with E-state index in [4.69, 9.17) is 0 Å². The Morgan fingerprint density at radius 3 is 1.46 bits per heavy atom. The Morgan fingerprint density at radius 2 is 1.08 bits per heavy atom. The van der Waals surface area contributed by atoms with Crippen LogP contribution in [0.5, 0.6) is 0 Å². The lowest BCUT2D eigenvalue weighted by atomic mass is 9.90. The van der Waals surface area contributed by atoms with Crippen molar-refractivity contribution in [3.05, 3.63) is 72.9 Å². The third kappa shape index (κ3) is 6.29. The minimum Gasteiger partial charge on any atom is -0.295 e. The maximum Gasteiger partial charge on any atom is 0.155 e. The highest BCUT2D eigenvalue weighted by molar-refractivity contribution is 5.90. The van der Waals surface area contributed by atoms with Crippen LogP contribution in [0.3, 0.4) is 0 Å². The lowest BCUT2D eigenvalue weighted by molar-refractivity contribution is -0.115. The van der Waals surface area contributed by atoms with Gasteiger partial charge in [0.2, 0.25) is 0 Å². The van der Waals surface area contributed by atoms with Crippen molar-refractivity contribution in [3.63, 3.8) is 0 Å². The van der Waals surface area contributed by atoms with Gasteiger partial charge in [-0.2, -0.15) is 0 Å². The summed E-state index contributed by atoms with van der Waals surface area (Å²) in [5.74, 6) is -0.0224. The van der Waals surface area contributed by atoms with Crippen molar-refractivity contribution in [3.8, 4) is 0 Å². The molecule has 3 nitrogen and oxygen atoms in total. The predicted octanol–water partition coefficient (Wildman–Crippen LogP) is 3.75. The van der Waals surface area contributed by atoms with Gasteiger partial charge in [0.25, 0.3) is 0 Å². The molecular formula is C21H24O3. The summed E-state index contributed by atoms with van der Waals surface area (Å²) >= 11 is 0. The van der Waals surface area contributed by atoms with Crippen LogP contribution in [0.1, 0.15) is 36.0 Å². The molecule has 0 bridgehead atoms. The first-order valence-corrected chi connectivity index (χ1v) is 8.07. The number of ketones is 3. The smallest absolute Gasteiger partial charge is 0.155 e. The van der Waals surface area contributed by atoms with Gasteiger partial charge in [-0.25, -0.2) is 0 Å². The maximum atomic E-state index is 11.6. The second kappa shape index (κ2) is 10.3. The van der Waals surface area contributed by atoms with Crippen molar-refractivity contribution >= 4 is 17.3 Å². The summed E-state index contributed by atoms with van der Waals surface area (Å²) in [4.78, 5) is 34.6. The summed E-state index contributed by atoms with van der Waals surface area (Å²) in [7, 11) is 0. The number of carbonyl (C=O) groups is 3. The van der Waals surface area contributed by atoms with Crippen LogP contribution in [0.15, 0.2) is 56.2 Å². The van der Waals surface area contributed by atoms with Crippen molar-refractivity contribution < 1.29 is 14.4 Å². The molecule has 0 amide bonds. The van der Waals surface area contributed by atoms with Crippen molar-refractivity contribution in [2.45, 2.75) is 38.5 Å². The molecule has 0 N–H and O–H groups in total. The molecule has 0 aliphatic carbocycles. The fraction of sp³-hybridized carbons (Fsp3) is 0.286. The summed E-state index contributed by atoms with van der Waals surface area (Å²) in [6.45, 7) is 10.5. The molecule has 0 heterocycles. The summed E-state index contributed by atoms with van der Waals surface area (Å²) in [5, 5.41) is 0. The first-order chi connectivity index (χ1) is 11.5. The monoisotopic (exact) mass is 324 g/mol. The third-order valence-corrected chi connectivity index (χ3v) is 3.96. The van der Waals surface area contributed by atoms with E-state index in [1.807, 2.05) is 18.2 Å². The van der Waals surface area contributed by atoms with Crippen LogP contribution in [-0.2, 0) is 33.6 Å². The molecule has 0 aliphatic rings. The summed E-state index contributed by atoms with van der Waals surface area (Å²) in [5.41, 5.74) is 3.15. The Balaban J connectivity index is 3.01. The fourth-order valence-electron chi connectivity index (χ4n) is 2.55. The minimum atomic E-state index is -0.0138. The van der Waals surface area contributed by atoms with Gasteiger partial charge in [0.05, 0.1) is 0 Å². The Hall–Kier alpha value is -2.55. The van der Waals surface area contributed by atoms with E-state index in [2.05, 4.69) is 19.7 Å². The van der Waals surface area contributed by atoms with E-state index in [1.54, 1.807) is 0 Å². The van der Waals surface area contributed by atoms with E-state index < -0.39 is 0 Å². The zero-order valence-corrected chi connectivity index (χ0v) is 14.1. The highest BCUT2D eigenvalue weighted by Crippen LogP contribution is 2.21. The molecule has 3 heteroatoms. The van der Waals surface area contributed by atoms with Crippen LogP contribution in [0.25, 0.3) is 0 Å². The van der Waals surface area contributed by atoms with E-state index in [9.17, 15) is 14.4 Å². The summed E-state index contributed by atoms with van der Waals surface area (Å²) < 4.78 is 0. The van der Waals surface area contributed by atoms with Gasteiger partial charge in [-0.1, -0.05) is 37.9 Å². The van der Waals surface area contributed by atoms with Crippen LogP contribution < -0.4 is 0 Å². The van der Waals surface area contributed by atoms with Crippen molar-refractivity contribution in [1.29, 1.82) is 0 Å². The van der Waals surface area contributed by atoms with Crippen molar-refractivity contribution in [1.82, 2.24) is 0 Å². The van der Waals surface area contributed by atoms with Crippen LogP contribution in [-0.4, -0.2) is 17.3 Å². The number of benzene rings is 1. The maximum absolute atomic E-state index is 11.6. The fourth-order valence-corrected chi connectivity index (χ4v) is 2.55. The second-order valence-corrected chi connectivity index (χ2v) is 5.57. The quantitative estimate of drug-likeness (QED) is 0.550. The molecule has 0 atom stereocenters. The molecule has 1 aromatic carbocycles. The first kappa shape index (κ1) is 19.5. The zero-order valence-electron chi connectivity index (χ0n) is 14.1. The molecule has 0 saturated heterocycles. The van der Waals surface area contributed by atoms with E-state index in [0.717, 1.165) is 16.7 Å². The molecule has 0 saturated carbocycles. The molecule has 0 fully saturated rings. The number of hydrogen-bond acceptors (Lipinski definition) is 3. The Kier molecular flexibility index (Phi) is 8.34. The van der Waals surface area contributed by atoms with Gasteiger partial charge in [0.1, 0.15) is 0 Å². The summed E-state index contributed by atoms with van der Waals surface area (Å²) in [6.07, 6.45) is 6.92. The number of aryl methyl sites for hydroxylation is 2. The molecule has 24 heavy (non-hydrogen) atoms. The van der Waals surface area contributed by atoms with E-state index in [-0.39, 0.29) is 17.3 Å². The SMILES string of the molecule is C=CC(=O)CCc1cccc(CCC(=O)C=C)c1CCC(=O)C=C. The first-order valence-electron chi connectivity index (χ1n) is 8.07. The van der Waals surface area contributed by atoms with E-state index in [1.165, 1.54) is 18.2 Å². The number of carbonyl (C=O) groups excluding carboxylic acids is 3. The minimum absolute atomic E-state index is 0.00430. The van der Waals surface area contributed by atoms with Gasteiger partial charge >= 0.3 is 0 Å². The van der Waals surface area contributed by atoms with E-state index in [0.29, 0.717) is 38.5 Å². The van der Waals surface area contributed by atoms with Gasteiger partial charge in [-0.05, 0) is 54.2 Å². The molecule has 0 aliphatic heterocycles. The van der Waals surface area contributed by atoms with Crippen molar-refractivity contribution in [2.75, 3.05) is 0 Å². The lowest BCUT2D eigenvalue weighted by Gasteiger charge is -2.14. The normalized spacial score (nSPS) is 10.0. The van der Waals surface area contributed by atoms with Crippen LogP contribution in [0.2, 0.25) is 0 Å². The standard InChI is InChI=1S/C21H24O3/c1-4-18(22)12-10-16-8-7-9-17(11-13-19(23)5-2)21(16)15-14-20(24)6-3/h4-9H,1-3,10-15H2. The topological polar surface area (TPSA) is 51.2 Å². The van der Waals surface area contributed by atoms with Gasteiger partial charge in [0, 0.05) is 19.3 Å². The van der Waals surface area contributed by atoms with E-state index >= 15 is 0 Å². The molecule has 0 unspecified atom stereocenters. The average Bonchev–Trinajstić information content (AvgIpc) is 2.62. The number of hydrogen-bond donors (Lipinski definition) is 0. The second-order valence-electron chi connectivity index (χ2n) is 5.57. The molecule has 0 radical (unpaired) electrons. The molecule has 1 aromatic rings. The molecular weight excluding hydrogens is 300 g/mol. The van der Waals surface area contributed by atoms with Crippen LogP contribution >= 0.6 is 0 Å². The van der Waals surface area contributed by atoms with Crippen molar-refractivity contribution in [2.24, 2.45) is 0 Å². The number of allylic oxidation sites excluding steroid dienone is 3. The molecule has 0 aromatic heterocycles. The van der Waals surface area contributed by atoms with Gasteiger partial charge < -0.3 is 0 Å². The van der Waals surface area contributed by atoms with Gasteiger partial charge in [-0.3, -0.25) is 14.4 Å². The molecule has 0 spiro atoms. The average molecular weight is 324 g/mol.